The molecule has 1 aromatic heterocycles. The first-order valence-electron chi connectivity index (χ1n) is 6.67. The molecule has 0 fully saturated rings. The average molecular weight is 304 g/mol. The number of benzene rings is 1. The van der Waals surface area contributed by atoms with Crippen LogP contribution in [0.4, 0.5) is 17.2 Å². The van der Waals surface area contributed by atoms with Crippen molar-refractivity contribution in [3.05, 3.63) is 41.3 Å². The van der Waals surface area contributed by atoms with E-state index in [0.29, 0.717) is 10.8 Å². The first kappa shape index (κ1) is 15.3. The Labute approximate surface area is 129 Å². The van der Waals surface area contributed by atoms with Gasteiger partial charge in [-0.15, -0.1) is 0 Å². The molecule has 0 saturated carbocycles. The van der Waals surface area contributed by atoms with Gasteiger partial charge in [-0.3, -0.25) is 4.98 Å². The van der Waals surface area contributed by atoms with Gasteiger partial charge in [0.15, 0.2) is 0 Å². The summed E-state index contributed by atoms with van der Waals surface area (Å²) in [6.45, 7) is 4.95. The number of nitrogens with zero attached hydrogens (tertiary/aromatic N) is 4. The predicted octanol–water partition coefficient (Wildman–Crippen LogP) is 3.79. The van der Waals surface area contributed by atoms with Crippen LogP contribution in [0.2, 0.25) is 5.02 Å². The Morgan fingerprint density at radius 1 is 1.38 bits per heavy atom. The minimum atomic E-state index is 0.562. The zero-order chi connectivity index (χ0) is 15.2. The van der Waals surface area contributed by atoms with E-state index >= 15 is 0 Å². The highest BCUT2D eigenvalue weighted by molar-refractivity contribution is 6.35. The lowest BCUT2D eigenvalue weighted by molar-refractivity contribution is 0.552. The lowest BCUT2D eigenvalue weighted by Gasteiger charge is -2.12. The van der Waals surface area contributed by atoms with Crippen molar-refractivity contribution in [2.24, 2.45) is 4.99 Å². The standard InChI is InChI=1S/C15H18ClN5/c1-4-21(3)10-19-12-7-11(2)8-13(15(12)16)20-14-9-17-5-6-18-14/h5-10H,4H2,1-3H3,(H,18,20). The van der Waals surface area contributed by atoms with Gasteiger partial charge >= 0.3 is 0 Å². The van der Waals surface area contributed by atoms with Crippen LogP contribution in [0.1, 0.15) is 12.5 Å². The molecule has 5 nitrogen and oxygen atoms in total. The summed E-state index contributed by atoms with van der Waals surface area (Å²) in [5, 5.41) is 3.72. The van der Waals surface area contributed by atoms with Crippen molar-refractivity contribution in [2.45, 2.75) is 13.8 Å². The van der Waals surface area contributed by atoms with Crippen LogP contribution < -0.4 is 5.32 Å². The molecule has 0 aliphatic rings. The molecule has 0 aliphatic heterocycles. The lowest BCUT2D eigenvalue weighted by Crippen LogP contribution is -2.14. The van der Waals surface area contributed by atoms with Gasteiger partial charge in [0.2, 0.25) is 0 Å². The van der Waals surface area contributed by atoms with E-state index in [0.717, 1.165) is 23.5 Å². The van der Waals surface area contributed by atoms with Crippen LogP contribution in [-0.2, 0) is 0 Å². The molecule has 1 aromatic carbocycles. The van der Waals surface area contributed by atoms with Crippen molar-refractivity contribution >= 4 is 35.1 Å². The van der Waals surface area contributed by atoms with E-state index in [9.17, 15) is 0 Å². The summed E-state index contributed by atoms with van der Waals surface area (Å²) in [4.78, 5) is 14.6. The van der Waals surface area contributed by atoms with Gasteiger partial charge in [0, 0.05) is 26.0 Å². The number of hydrogen-bond donors (Lipinski definition) is 1. The van der Waals surface area contributed by atoms with Crippen LogP contribution in [0, 0.1) is 6.92 Å². The summed E-state index contributed by atoms with van der Waals surface area (Å²) in [6, 6.07) is 3.91. The molecule has 2 rings (SSSR count). The molecule has 0 saturated heterocycles. The minimum Gasteiger partial charge on any atom is -0.366 e. The molecular formula is C15H18ClN5. The molecule has 21 heavy (non-hydrogen) atoms. The fourth-order valence-electron chi connectivity index (χ4n) is 1.68. The Balaban J connectivity index is 2.30. The molecule has 0 aliphatic carbocycles. The van der Waals surface area contributed by atoms with Crippen molar-refractivity contribution in [1.82, 2.24) is 14.9 Å². The molecule has 0 amide bonds. The summed E-state index contributed by atoms with van der Waals surface area (Å²) >= 11 is 6.41. The SMILES string of the molecule is CCN(C)C=Nc1cc(C)cc(Nc2cnccn2)c1Cl. The number of halogens is 1. The van der Waals surface area contributed by atoms with Crippen LogP contribution in [-0.4, -0.2) is 34.8 Å². The first-order valence-corrected chi connectivity index (χ1v) is 7.05. The highest BCUT2D eigenvalue weighted by Crippen LogP contribution is 2.35. The number of aliphatic imine (C=N–C) groups is 1. The highest BCUT2D eigenvalue weighted by Gasteiger charge is 2.08. The van der Waals surface area contributed by atoms with Crippen molar-refractivity contribution < 1.29 is 0 Å². The molecule has 1 N–H and O–H groups in total. The van der Waals surface area contributed by atoms with Gasteiger partial charge in [0.05, 0.1) is 28.9 Å². The van der Waals surface area contributed by atoms with Crippen LogP contribution in [0.5, 0.6) is 0 Å². The van der Waals surface area contributed by atoms with Crippen LogP contribution in [0.25, 0.3) is 0 Å². The number of nitrogens with one attached hydrogen (secondary N) is 1. The van der Waals surface area contributed by atoms with Crippen molar-refractivity contribution in [3.8, 4) is 0 Å². The second-order valence-electron chi connectivity index (χ2n) is 4.68. The monoisotopic (exact) mass is 303 g/mol. The van der Waals surface area contributed by atoms with Crippen molar-refractivity contribution in [1.29, 1.82) is 0 Å². The van der Waals surface area contributed by atoms with Crippen LogP contribution in [0.3, 0.4) is 0 Å². The van der Waals surface area contributed by atoms with Crippen molar-refractivity contribution in [3.63, 3.8) is 0 Å². The largest absolute Gasteiger partial charge is 0.366 e. The molecule has 110 valence electrons. The Bertz CT molecular complexity index is 627. The molecule has 6 heteroatoms. The lowest BCUT2D eigenvalue weighted by atomic mass is 10.2. The van der Waals surface area contributed by atoms with E-state index in [-0.39, 0.29) is 0 Å². The fourth-order valence-corrected chi connectivity index (χ4v) is 1.88. The maximum Gasteiger partial charge on any atom is 0.148 e. The molecule has 1 heterocycles. The van der Waals surface area contributed by atoms with E-state index in [1.165, 1.54) is 0 Å². The summed E-state index contributed by atoms with van der Waals surface area (Å²) in [5.74, 6) is 0.644. The van der Waals surface area contributed by atoms with Gasteiger partial charge in [-0.25, -0.2) is 9.98 Å². The zero-order valence-electron chi connectivity index (χ0n) is 12.3. The van der Waals surface area contributed by atoms with Crippen LogP contribution >= 0.6 is 11.6 Å². The Hall–Kier alpha value is -2.14. The van der Waals surface area contributed by atoms with E-state index in [1.807, 2.05) is 31.0 Å². The van der Waals surface area contributed by atoms with E-state index in [1.54, 1.807) is 24.9 Å². The normalized spacial score (nSPS) is 10.9. The van der Waals surface area contributed by atoms with Gasteiger partial charge in [0.25, 0.3) is 0 Å². The fraction of sp³-hybridized carbons (Fsp3) is 0.267. The van der Waals surface area contributed by atoms with Crippen LogP contribution in [0.15, 0.2) is 35.7 Å². The molecule has 0 bridgehead atoms. The average Bonchev–Trinajstić information content (AvgIpc) is 2.49. The topological polar surface area (TPSA) is 53.4 Å². The summed E-state index contributed by atoms with van der Waals surface area (Å²) < 4.78 is 0. The Morgan fingerprint density at radius 2 is 2.19 bits per heavy atom. The molecule has 2 aromatic rings. The summed E-state index contributed by atoms with van der Waals surface area (Å²) in [7, 11) is 1.96. The van der Waals surface area contributed by atoms with Gasteiger partial charge in [-0.05, 0) is 31.5 Å². The summed E-state index contributed by atoms with van der Waals surface area (Å²) in [6.07, 6.45) is 6.67. The zero-order valence-corrected chi connectivity index (χ0v) is 13.1. The van der Waals surface area contributed by atoms with Gasteiger partial charge in [-0.2, -0.15) is 0 Å². The minimum absolute atomic E-state index is 0.562. The predicted molar refractivity (Wildman–Crippen MR) is 88.0 cm³/mol. The maximum atomic E-state index is 6.41. The molecule has 0 spiro atoms. The summed E-state index contributed by atoms with van der Waals surface area (Å²) in [5.41, 5.74) is 2.56. The maximum absolute atomic E-state index is 6.41. The van der Waals surface area contributed by atoms with Gasteiger partial charge < -0.3 is 10.2 Å². The van der Waals surface area contributed by atoms with Gasteiger partial charge in [0.1, 0.15) is 5.82 Å². The molecule has 0 atom stereocenters. The molecule has 0 radical (unpaired) electrons. The number of anilines is 2. The first-order chi connectivity index (χ1) is 10.1. The van der Waals surface area contributed by atoms with E-state index < -0.39 is 0 Å². The second-order valence-corrected chi connectivity index (χ2v) is 5.06. The van der Waals surface area contributed by atoms with E-state index in [4.69, 9.17) is 11.6 Å². The van der Waals surface area contributed by atoms with Gasteiger partial charge in [-0.1, -0.05) is 11.6 Å². The number of aromatic nitrogens is 2. The number of aryl methyl sites for hydroxylation is 1. The van der Waals surface area contributed by atoms with Crippen molar-refractivity contribution in [2.75, 3.05) is 18.9 Å². The number of rotatable bonds is 5. The Kier molecular flexibility index (Phi) is 5.11. The third-order valence-corrected chi connectivity index (χ3v) is 3.31. The third kappa shape index (κ3) is 4.16. The smallest absolute Gasteiger partial charge is 0.148 e. The van der Waals surface area contributed by atoms with E-state index in [2.05, 4.69) is 27.2 Å². The third-order valence-electron chi connectivity index (χ3n) is 2.92. The molecular weight excluding hydrogens is 286 g/mol. The highest BCUT2D eigenvalue weighted by atomic mass is 35.5. The Morgan fingerprint density at radius 3 is 2.86 bits per heavy atom. The molecule has 0 unspecified atom stereocenters. The number of hydrogen-bond acceptors (Lipinski definition) is 4. The second kappa shape index (κ2) is 7.04. The quantitative estimate of drug-likeness (QED) is 0.674.